The number of likely N-dealkylation sites (tertiary alicyclic amines) is 1. The molecule has 1 aliphatic heterocycles. The molecule has 1 aliphatic rings. The Hall–Kier alpha value is -1.30. The topological polar surface area (TPSA) is 68.8 Å². The zero-order valence-electron chi connectivity index (χ0n) is 14.8. The number of hydrogen-bond acceptors (Lipinski definition) is 3. The van der Waals surface area contributed by atoms with Crippen molar-refractivity contribution in [2.24, 2.45) is 10.4 Å². The Labute approximate surface area is 135 Å². The predicted molar refractivity (Wildman–Crippen MR) is 92.1 cm³/mol. The lowest BCUT2D eigenvalue weighted by molar-refractivity contribution is -0.128. The van der Waals surface area contributed by atoms with Crippen molar-refractivity contribution in [3.05, 3.63) is 0 Å². The number of aliphatic imine (C=N–C) groups is 1. The molecule has 6 nitrogen and oxygen atoms in total. The maximum absolute atomic E-state index is 11.8. The fourth-order valence-electron chi connectivity index (χ4n) is 2.79. The van der Waals surface area contributed by atoms with Gasteiger partial charge in [0.15, 0.2) is 5.96 Å². The largest absolute Gasteiger partial charge is 0.359 e. The summed E-state index contributed by atoms with van der Waals surface area (Å²) in [6.45, 7) is 12.6. The Balaban J connectivity index is 2.57. The van der Waals surface area contributed by atoms with Crippen molar-refractivity contribution in [3.63, 3.8) is 0 Å². The molecule has 0 aliphatic carbocycles. The zero-order valence-corrected chi connectivity index (χ0v) is 14.8. The molecule has 0 aromatic heterocycles. The molecular formula is C16H33N5O. The van der Waals surface area contributed by atoms with Crippen LogP contribution in [0.25, 0.3) is 0 Å². The van der Waals surface area contributed by atoms with E-state index < -0.39 is 5.41 Å². The van der Waals surface area contributed by atoms with Gasteiger partial charge in [-0.1, -0.05) is 6.92 Å². The van der Waals surface area contributed by atoms with Crippen LogP contribution < -0.4 is 16.0 Å². The molecule has 1 rings (SSSR count). The van der Waals surface area contributed by atoms with Crippen molar-refractivity contribution in [1.29, 1.82) is 0 Å². The summed E-state index contributed by atoms with van der Waals surface area (Å²) in [6.07, 6.45) is 2.52. The summed E-state index contributed by atoms with van der Waals surface area (Å²) in [5.74, 6) is 0.808. The van der Waals surface area contributed by atoms with Gasteiger partial charge in [0.1, 0.15) is 0 Å². The van der Waals surface area contributed by atoms with Crippen LogP contribution in [-0.4, -0.2) is 62.6 Å². The molecule has 128 valence electrons. The van der Waals surface area contributed by atoms with Crippen molar-refractivity contribution in [3.8, 4) is 0 Å². The second kappa shape index (κ2) is 8.98. The van der Waals surface area contributed by atoms with Gasteiger partial charge in [0.25, 0.3) is 0 Å². The number of hydrogen-bond donors (Lipinski definition) is 3. The normalized spacial score (nSPS) is 20.0. The molecule has 0 aromatic carbocycles. The molecule has 0 aromatic rings. The van der Waals surface area contributed by atoms with E-state index in [0.29, 0.717) is 12.6 Å². The summed E-state index contributed by atoms with van der Waals surface area (Å²) >= 11 is 0. The third-order valence-electron chi connectivity index (χ3n) is 4.23. The Morgan fingerprint density at radius 2 is 2.05 bits per heavy atom. The lowest BCUT2D eigenvalue weighted by Crippen LogP contribution is -2.45. The molecule has 1 amide bonds. The Bertz CT molecular complexity index is 381. The van der Waals surface area contributed by atoms with Crippen molar-refractivity contribution in [2.75, 3.05) is 39.8 Å². The van der Waals surface area contributed by atoms with E-state index >= 15 is 0 Å². The average Bonchev–Trinajstić information content (AvgIpc) is 2.96. The standard InChI is InChI=1S/C16H33N5O/c1-6-18-15(20-12-16(3,4)14(22)17-5)19-11-13-9-8-10-21(13)7-2/h13H,6-12H2,1-5H3,(H,17,22)(H2,18,19,20). The Morgan fingerprint density at radius 1 is 1.32 bits per heavy atom. The van der Waals surface area contributed by atoms with Crippen LogP contribution in [0.5, 0.6) is 0 Å². The van der Waals surface area contributed by atoms with Gasteiger partial charge >= 0.3 is 0 Å². The summed E-state index contributed by atoms with van der Waals surface area (Å²) in [6, 6.07) is 0.584. The third kappa shape index (κ3) is 5.48. The third-order valence-corrected chi connectivity index (χ3v) is 4.23. The number of rotatable bonds is 7. The number of amides is 1. The smallest absolute Gasteiger partial charge is 0.227 e. The SMILES string of the molecule is CCNC(=NCC(C)(C)C(=O)NC)NCC1CCCN1CC. The monoisotopic (exact) mass is 311 g/mol. The number of carbonyl (C=O) groups excluding carboxylic acids is 1. The Kier molecular flexibility index (Phi) is 7.65. The van der Waals surface area contributed by atoms with Gasteiger partial charge in [0.05, 0.1) is 12.0 Å². The van der Waals surface area contributed by atoms with Gasteiger partial charge in [0, 0.05) is 26.2 Å². The number of guanidine groups is 1. The van der Waals surface area contributed by atoms with E-state index in [2.05, 4.69) is 39.7 Å². The van der Waals surface area contributed by atoms with E-state index in [0.717, 1.165) is 25.6 Å². The van der Waals surface area contributed by atoms with Gasteiger partial charge in [-0.2, -0.15) is 0 Å². The highest BCUT2D eigenvalue weighted by Gasteiger charge is 2.27. The van der Waals surface area contributed by atoms with Gasteiger partial charge in [0.2, 0.25) is 5.91 Å². The molecule has 6 heteroatoms. The second-order valence-corrected chi connectivity index (χ2v) is 6.46. The number of nitrogens with zero attached hydrogens (tertiary/aromatic N) is 2. The van der Waals surface area contributed by atoms with Crippen LogP contribution in [0.4, 0.5) is 0 Å². The molecule has 1 unspecified atom stereocenters. The molecular weight excluding hydrogens is 278 g/mol. The summed E-state index contributed by atoms with van der Waals surface area (Å²) in [5, 5.41) is 9.38. The van der Waals surface area contributed by atoms with E-state index in [4.69, 9.17) is 0 Å². The highest BCUT2D eigenvalue weighted by atomic mass is 16.2. The molecule has 0 spiro atoms. The predicted octanol–water partition coefficient (Wildman–Crippen LogP) is 0.798. The lowest BCUT2D eigenvalue weighted by Gasteiger charge is -2.25. The van der Waals surface area contributed by atoms with E-state index in [1.807, 2.05) is 13.8 Å². The van der Waals surface area contributed by atoms with Crippen LogP contribution in [0.15, 0.2) is 4.99 Å². The second-order valence-electron chi connectivity index (χ2n) is 6.46. The molecule has 0 saturated carbocycles. The quantitative estimate of drug-likeness (QED) is 0.480. The summed E-state index contributed by atoms with van der Waals surface area (Å²) in [7, 11) is 1.66. The minimum atomic E-state index is -0.500. The maximum Gasteiger partial charge on any atom is 0.227 e. The minimum absolute atomic E-state index is 0.0139. The molecule has 1 fully saturated rings. The molecule has 1 heterocycles. The molecule has 0 radical (unpaired) electrons. The van der Waals surface area contributed by atoms with Crippen molar-refractivity contribution in [1.82, 2.24) is 20.9 Å². The van der Waals surface area contributed by atoms with Gasteiger partial charge in [-0.05, 0) is 46.7 Å². The van der Waals surface area contributed by atoms with Crippen molar-refractivity contribution >= 4 is 11.9 Å². The van der Waals surface area contributed by atoms with Crippen molar-refractivity contribution in [2.45, 2.75) is 46.6 Å². The van der Waals surface area contributed by atoms with Crippen molar-refractivity contribution < 1.29 is 4.79 Å². The van der Waals surface area contributed by atoms with Gasteiger partial charge in [-0.15, -0.1) is 0 Å². The van der Waals surface area contributed by atoms with Gasteiger partial charge < -0.3 is 16.0 Å². The first kappa shape index (κ1) is 18.7. The van der Waals surface area contributed by atoms with Crippen LogP contribution in [-0.2, 0) is 4.79 Å². The van der Waals surface area contributed by atoms with E-state index in [1.54, 1.807) is 7.05 Å². The molecule has 3 N–H and O–H groups in total. The van der Waals surface area contributed by atoms with Gasteiger partial charge in [-0.25, -0.2) is 0 Å². The average molecular weight is 311 g/mol. The highest BCUT2D eigenvalue weighted by molar-refractivity contribution is 5.83. The fourth-order valence-corrected chi connectivity index (χ4v) is 2.79. The maximum atomic E-state index is 11.8. The first-order valence-electron chi connectivity index (χ1n) is 8.43. The number of nitrogens with one attached hydrogen (secondary N) is 3. The number of carbonyl (C=O) groups is 1. The van der Waals surface area contributed by atoms with Crippen LogP contribution >= 0.6 is 0 Å². The molecule has 22 heavy (non-hydrogen) atoms. The van der Waals surface area contributed by atoms with E-state index in [1.165, 1.54) is 19.4 Å². The lowest BCUT2D eigenvalue weighted by atomic mass is 9.93. The van der Waals surface area contributed by atoms with Crippen LogP contribution in [0.2, 0.25) is 0 Å². The highest BCUT2D eigenvalue weighted by Crippen LogP contribution is 2.16. The first-order valence-corrected chi connectivity index (χ1v) is 8.43. The summed E-state index contributed by atoms with van der Waals surface area (Å²) in [5.41, 5.74) is -0.500. The summed E-state index contributed by atoms with van der Waals surface area (Å²) in [4.78, 5) is 18.9. The molecule has 1 saturated heterocycles. The number of likely N-dealkylation sites (N-methyl/N-ethyl adjacent to an activating group) is 1. The molecule has 0 bridgehead atoms. The Morgan fingerprint density at radius 3 is 2.64 bits per heavy atom. The van der Waals surface area contributed by atoms with Gasteiger partial charge in [-0.3, -0.25) is 14.7 Å². The van der Waals surface area contributed by atoms with Crippen LogP contribution in [0, 0.1) is 5.41 Å². The minimum Gasteiger partial charge on any atom is -0.359 e. The first-order chi connectivity index (χ1) is 10.4. The van der Waals surface area contributed by atoms with E-state index in [-0.39, 0.29) is 5.91 Å². The molecule has 1 atom stereocenters. The fraction of sp³-hybridized carbons (Fsp3) is 0.875. The zero-order chi connectivity index (χ0) is 16.6. The van der Waals surface area contributed by atoms with E-state index in [9.17, 15) is 4.79 Å². The van der Waals surface area contributed by atoms with Crippen LogP contribution in [0.1, 0.15) is 40.5 Å². The van der Waals surface area contributed by atoms with Crippen LogP contribution in [0.3, 0.4) is 0 Å². The summed E-state index contributed by atoms with van der Waals surface area (Å²) < 4.78 is 0.